The van der Waals surface area contributed by atoms with Crippen LogP contribution in [-0.2, 0) is 24.6 Å². The van der Waals surface area contributed by atoms with Crippen molar-refractivity contribution in [2.45, 2.75) is 30.7 Å². The molecule has 2 aromatic carbocycles. The lowest BCUT2D eigenvalue weighted by Crippen LogP contribution is -2.56. The molecule has 0 aromatic heterocycles. The molecule has 3 N–H and O–H groups in total. The number of likely N-dealkylation sites (N-methyl/N-ethyl adjacent to an activating group) is 1. The van der Waals surface area contributed by atoms with Crippen molar-refractivity contribution in [3.05, 3.63) is 75.8 Å². The summed E-state index contributed by atoms with van der Waals surface area (Å²) >= 11 is 0. The van der Waals surface area contributed by atoms with Gasteiger partial charge in [-0.15, -0.1) is 0 Å². The molecule has 1 aliphatic heterocycles. The first kappa shape index (κ1) is 28.8. The second-order valence-electron chi connectivity index (χ2n) is 9.26. The van der Waals surface area contributed by atoms with Crippen molar-refractivity contribution >= 4 is 35.3 Å². The average molecular weight is 541 g/mol. The van der Waals surface area contributed by atoms with Crippen molar-refractivity contribution in [3.8, 4) is 0 Å². The van der Waals surface area contributed by atoms with Crippen molar-refractivity contribution in [2.75, 3.05) is 26.7 Å². The Bertz CT molecular complexity index is 1260. The van der Waals surface area contributed by atoms with Gasteiger partial charge in [-0.1, -0.05) is 30.3 Å². The second-order valence-corrected chi connectivity index (χ2v) is 9.26. The van der Waals surface area contributed by atoms with Gasteiger partial charge in [-0.05, 0) is 30.5 Å². The summed E-state index contributed by atoms with van der Waals surface area (Å²) < 4.78 is 0. The number of nitrogens with zero attached hydrogens (tertiary/aromatic N) is 3. The van der Waals surface area contributed by atoms with Crippen molar-refractivity contribution in [3.63, 3.8) is 0 Å². The van der Waals surface area contributed by atoms with Crippen LogP contribution in [0.5, 0.6) is 0 Å². The quantitative estimate of drug-likeness (QED) is 0.294. The van der Waals surface area contributed by atoms with Crippen molar-refractivity contribution in [1.29, 1.82) is 0 Å². The van der Waals surface area contributed by atoms with E-state index in [4.69, 9.17) is 5.11 Å². The molecule has 0 radical (unpaired) electrons. The predicted molar refractivity (Wildman–Crippen MR) is 136 cm³/mol. The zero-order valence-electron chi connectivity index (χ0n) is 21.1. The molecule has 2 aromatic rings. The Morgan fingerprint density at radius 3 is 2.13 bits per heavy atom. The first-order valence-corrected chi connectivity index (χ1v) is 12.0. The summed E-state index contributed by atoms with van der Waals surface area (Å²) in [6, 6.07) is 12.1. The monoisotopic (exact) mass is 540 g/mol. The molecule has 13 heteroatoms. The summed E-state index contributed by atoms with van der Waals surface area (Å²) in [6.07, 6.45) is -0.492. The van der Waals surface area contributed by atoms with Crippen molar-refractivity contribution in [1.82, 2.24) is 15.1 Å². The number of carboxylic acid groups (broad SMARTS) is 2. The molecule has 206 valence electrons. The van der Waals surface area contributed by atoms with E-state index in [9.17, 15) is 39.2 Å². The highest BCUT2D eigenvalue weighted by Gasteiger charge is 2.45. The molecule has 3 rings (SSSR count). The van der Waals surface area contributed by atoms with E-state index in [2.05, 4.69) is 5.32 Å². The van der Waals surface area contributed by atoms with Gasteiger partial charge < -0.3 is 25.3 Å². The SMILES string of the molecule is CN(CC(=O)N1CCC(C(=O)N[C@@H](CC(=O)O)C(=O)O)(c2ccccc2)CC1)C(=O)c1ccc([N+](=O)[O-])cc1. The lowest BCUT2D eigenvalue weighted by Gasteiger charge is -2.41. The highest BCUT2D eigenvalue weighted by molar-refractivity contribution is 5.97. The molecule has 13 nitrogen and oxygen atoms in total. The number of amides is 3. The smallest absolute Gasteiger partial charge is 0.326 e. The number of rotatable bonds is 10. The highest BCUT2D eigenvalue weighted by Crippen LogP contribution is 2.36. The summed E-state index contributed by atoms with van der Waals surface area (Å²) in [4.78, 5) is 74.7. The number of likely N-dealkylation sites (tertiary alicyclic amines) is 1. The molecule has 1 aliphatic rings. The summed E-state index contributed by atoms with van der Waals surface area (Å²) in [5.74, 6) is -4.35. The van der Waals surface area contributed by atoms with Gasteiger partial charge in [0, 0.05) is 37.8 Å². The molecule has 3 amide bonds. The largest absolute Gasteiger partial charge is 0.481 e. The maximum absolute atomic E-state index is 13.4. The lowest BCUT2D eigenvalue weighted by molar-refractivity contribution is -0.384. The Labute approximate surface area is 223 Å². The van der Waals surface area contributed by atoms with E-state index >= 15 is 0 Å². The molecule has 1 heterocycles. The van der Waals surface area contributed by atoms with E-state index in [0.717, 1.165) is 0 Å². The van der Waals surface area contributed by atoms with Crippen LogP contribution in [0.4, 0.5) is 5.69 Å². The molecule has 0 aliphatic carbocycles. The molecule has 0 unspecified atom stereocenters. The van der Waals surface area contributed by atoms with Gasteiger partial charge in [-0.2, -0.15) is 0 Å². The minimum atomic E-state index is -1.62. The highest BCUT2D eigenvalue weighted by atomic mass is 16.6. The fourth-order valence-corrected chi connectivity index (χ4v) is 4.53. The van der Waals surface area contributed by atoms with E-state index in [-0.39, 0.29) is 49.6 Å². The van der Waals surface area contributed by atoms with Crippen molar-refractivity contribution < 1.29 is 39.1 Å². The van der Waals surface area contributed by atoms with Gasteiger partial charge in [-0.3, -0.25) is 29.3 Å². The van der Waals surface area contributed by atoms with Gasteiger partial charge in [0.2, 0.25) is 11.8 Å². The Morgan fingerprint density at radius 1 is 1.03 bits per heavy atom. The third-order valence-electron chi connectivity index (χ3n) is 6.76. The number of carbonyl (C=O) groups is 5. The number of nitro benzene ring substituents is 1. The van der Waals surface area contributed by atoms with Crippen LogP contribution in [0.3, 0.4) is 0 Å². The van der Waals surface area contributed by atoms with Crippen LogP contribution in [0.1, 0.15) is 35.2 Å². The zero-order valence-corrected chi connectivity index (χ0v) is 21.1. The third-order valence-corrected chi connectivity index (χ3v) is 6.76. The molecule has 1 fully saturated rings. The molecule has 0 spiro atoms. The fourth-order valence-electron chi connectivity index (χ4n) is 4.53. The predicted octanol–water partition coefficient (Wildman–Crippen LogP) is 1.27. The van der Waals surface area contributed by atoms with Crippen LogP contribution in [0, 0.1) is 10.1 Å². The van der Waals surface area contributed by atoms with Crippen LogP contribution in [-0.4, -0.2) is 87.3 Å². The number of benzene rings is 2. The number of aliphatic carboxylic acids is 2. The van der Waals surface area contributed by atoms with Gasteiger partial charge in [0.05, 0.1) is 23.3 Å². The van der Waals surface area contributed by atoms with Gasteiger partial charge in [0.25, 0.3) is 11.6 Å². The molecule has 0 saturated carbocycles. The number of piperidine rings is 1. The Morgan fingerprint density at radius 2 is 1.62 bits per heavy atom. The van der Waals surface area contributed by atoms with Gasteiger partial charge >= 0.3 is 11.9 Å². The second kappa shape index (κ2) is 12.2. The van der Waals surface area contributed by atoms with Gasteiger partial charge in [-0.25, -0.2) is 4.79 Å². The van der Waals surface area contributed by atoms with E-state index in [1.165, 1.54) is 41.1 Å². The van der Waals surface area contributed by atoms with Gasteiger partial charge in [0.1, 0.15) is 6.04 Å². The molecule has 0 bridgehead atoms. The number of non-ortho nitro benzene ring substituents is 1. The number of hydrogen-bond donors (Lipinski definition) is 3. The van der Waals surface area contributed by atoms with E-state index < -0.39 is 46.6 Å². The maximum Gasteiger partial charge on any atom is 0.326 e. The first-order valence-electron chi connectivity index (χ1n) is 12.0. The minimum Gasteiger partial charge on any atom is -0.481 e. The summed E-state index contributed by atoms with van der Waals surface area (Å²) in [5.41, 5.74) is -0.560. The number of carbonyl (C=O) groups excluding carboxylic acids is 3. The van der Waals surface area contributed by atoms with E-state index in [0.29, 0.717) is 5.56 Å². The first-order chi connectivity index (χ1) is 18.4. The number of carboxylic acids is 2. The fraction of sp³-hybridized carbons (Fsp3) is 0.346. The third kappa shape index (κ3) is 6.74. The van der Waals surface area contributed by atoms with E-state index in [1.54, 1.807) is 30.3 Å². The molecule has 39 heavy (non-hydrogen) atoms. The van der Waals surface area contributed by atoms with Crippen LogP contribution >= 0.6 is 0 Å². The lowest BCUT2D eigenvalue weighted by atomic mass is 9.71. The Hall–Kier alpha value is -4.81. The summed E-state index contributed by atoms with van der Waals surface area (Å²) in [5, 5.41) is 31.6. The van der Waals surface area contributed by atoms with Crippen molar-refractivity contribution in [2.24, 2.45) is 0 Å². The minimum absolute atomic E-state index is 0.136. The molecular formula is C26H28N4O9. The van der Waals surface area contributed by atoms with Crippen LogP contribution < -0.4 is 5.32 Å². The van der Waals surface area contributed by atoms with E-state index in [1.807, 2.05) is 0 Å². The van der Waals surface area contributed by atoms with Gasteiger partial charge in [0.15, 0.2) is 0 Å². The molecule has 1 atom stereocenters. The van der Waals surface area contributed by atoms with Crippen LogP contribution in [0.15, 0.2) is 54.6 Å². The number of nitro groups is 1. The Balaban J connectivity index is 1.70. The standard InChI is InChI=1S/C26H28N4O9/c1-28(23(34)17-7-9-19(10-8-17)30(38)39)16-21(31)29-13-11-26(12-14-29,18-5-3-2-4-6-18)25(37)27-20(24(35)36)15-22(32)33/h2-10,20H,11-16H2,1H3,(H,27,37)(H,32,33)(H,35,36)/t20-/m0/s1. The zero-order chi connectivity index (χ0) is 28.7. The topological polar surface area (TPSA) is 187 Å². The normalized spacial score (nSPS) is 15.1. The molecular weight excluding hydrogens is 512 g/mol. The number of nitrogens with one attached hydrogen (secondary N) is 1. The summed E-state index contributed by atoms with van der Waals surface area (Å²) in [6.45, 7) is 0.00874. The molecule has 1 saturated heterocycles. The Kier molecular flexibility index (Phi) is 8.96. The number of hydrogen-bond acceptors (Lipinski definition) is 7. The maximum atomic E-state index is 13.4. The van der Waals surface area contributed by atoms with Crippen LogP contribution in [0.25, 0.3) is 0 Å². The summed E-state index contributed by atoms with van der Waals surface area (Å²) in [7, 11) is 1.43. The van der Waals surface area contributed by atoms with Crippen LogP contribution in [0.2, 0.25) is 0 Å². The average Bonchev–Trinajstić information content (AvgIpc) is 2.92.